The van der Waals surface area contributed by atoms with E-state index in [0.717, 1.165) is 44.2 Å². The largest absolute Gasteiger partial charge is 0.339 e. The summed E-state index contributed by atoms with van der Waals surface area (Å²) in [6, 6.07) is 7.83. The monoisotopic (exact) mass is 345 g/mol. The van der Waals surface area contributed by atoms with E-state index in [1.165, 1.54) is 5.56 Å². The number of hydrogen-bond donors (Lipinski definition) is 1. The molecule has 0 saturated carbocycles. The molecule has 0 spiro atoms. The molecule has 2 amide bonds. The molecule has 1 aromatic rings. The number of hydrogen-bond acceptors (Lipinski definition) is 3. The third kappa shape index (κ3) is 5.85. The highest BCUT2D eigenvalue weighted by atomic mass is 16.2. The number of unbranched alkanes of at least 4 members (excludes halogenated alkanes) is 3. The van der Waals surface area contributed by atoms with Crippen molar-refractivity contribution in [3.05, 3.63) is 35.4 Å². The van der Waals surface area contributed by atoms with Gasteiger partial charge in [-0.05, 0) is 43.5 Å². The molecule has 1 aliphatic heterocycles. The average molecular weight is 345 g/mol. The lowest BCUT2D eigenvalue weighted by molar-refractivity contribution is -0.132. The van der Waals surface area contributed by atoms with Crippen LogP contribution in [0.1, 0.15) is 54.9 Å². The molecule has 0 radical (unpaired) electrons. The van der Waals surface area contributed by atoms with E-state index in [-0.39, 0.29) is 11.8 Å². The van der Waals surface area contributed by atoms with Gasteiger partial charge in [-0.15, -0.1) is 0 Å². The predicted octanol–water partition coefficient (Wildman–Crippen LogP) is 2.44. The lowest BCUT2D eigenvalue weighted by Crippen LogP contribution is -2.50. The predicted molar refractivity (Wildman–Crippen MR) is 100 cm³/mol. The molecular weight excluding hydrogens is 314 g/mol. The molecule has 1 aromatic carbocycles. The minimum Gasteiger partial charge on any atom is -0.339 e. The number of amides is 2. The Bertz CT molecular complexity index is 549. The van der Waals surface area contributed by atoms with Crippen LogP contribution >= 0.6 is 0 Å². The normalized spacial score (nSPS) is 14.6. The number of rotatable bonds is 8. The number of benzene rings is 1. The van der Waals surface area contributed by atoms with Crippen molar-refractivity contribution < 1.29 is 9.59 Å². The summed E-state index contributed by atoms with van der Waals surface area (Å²) in [5.74, 6) is 0.281. The summed E-state index contributed by atoms with van der Waals surface area (Å²) in [7, 11) is 0. The quantitative estimate of drug-likeness (QED) is 0.736. The smallest absolute Gasteiger partial charge is 0.253 e. The lowest BCUT2D eigenvalue weighted by atomic mass is 10.1. The highest BCUT2D eigenvalue weighted by molar-refractivity contribution is 5.94. The van der Waals surface area contributed by atoms with Gasteiger partial charge in [0.05, 0.1) is 0 Å². The number of aryl methyl sites for hydroxylation is 1. The van der Waals surface area contributed by atoms with Crippen LogP contribution in [0.4, 0.5) is 0 Å². The molecule has 0 atom stereocenters. The lowest BCUT2D eigenvalue weighted by Gasteiger charge is -2.35. The van der Waals surface area contributed by atoms with Gasteiger partial charge in [-0.1, -0.05) is 31.9 Å². The summed E-state index contributed by atoms with van der Waals surface area (Å²) in [5, 5.41) is 0. The van der Waals surface area contributed by atoms with Crippen molar-refractivity contribution in [1.29, 1.82) is 0 Å². The number of carbonyl (C=O) groups excluding carboxylic acids is 2. The van der Waals surface area contributed by atoms with E-state index in [4.69, 9.17) is 5.73 Å². The van der Waals surface area contributed by atoms with E-state index in [9.17, 15) is 9.59 Å². The summed E-state index contributed by atoms with van der Waals surface area (Å²) < 4.78 is 0. The van der Waals surface area contributed by atoms with E-state index in [2.05, 4.69) is 6.92 Å². The first-order chi connectivity index (χ1) is 12.2. The Morgan fingerprint density at radius 1 is 0.920 bits per heavy atom. The highest BCUT2D eigenvalue weighted by Gasteiger charge is 2.24. The van der Waals surface area contributed by atoms with Crippen molar-refractivity contribution in [2.45, 2.75) is 45.4 Å². The molecule has 0 unspecified atom stereocenters. The first-order valence-electron chi connectivity index (χ1n) is 9.51. The molecule has 5 nitrogen and oxygen atoms in total. The van der Waals surface area contributed by atoms with Crippen molar-refractivity contribution in [1.82, 2.24) is 9.80 Å². The third-order valence-corrected chi connectivity index (χ3v) is 4.87. The summed E-state index contributed by atoms with van der Waals surface area (Å²) in [5.41, 5.74) is 7.44. The zero-order chi connectivity index (χ0) is 18.1. The van der Waals surface area contributed by atoms with Gasteiger partial charge in [-0.3, -0.25) is 9.59 Å². The topological polar surface area (TPSA) is 66.6 Å². The van der Waals surface area contributed by atoms with E-state index < -0.39 is 0 Å². The molecule has 5 heteroatoms. The van der Waals surface area contributed by atoms with Crippen LogP contribution in [0.3, 0.4) is 0 Å². The summed E-state index contributed by atoms with van der Waals surface area (Å²) >= 11 is 0. The van der Waals surface area contributed by atoms with Gasteiger partial charge in [0.25, 0.3) is 5.91 Å². The Kier molecular flexibility index (Phi) is 7.92. The van der Waals surface area contributed by atoms with Crippen LogP contribution in [-0.2, 0) is 11.2 Å². The van der Waals surface area contributed by atoms with Gasteiger partial charge >= 0.3 is 0 Å². The van der Waals surface area contributed by atoms with Crippen LogP contribution in [0.15, 0.2) is 24.3 Å². The molecule has 2 N–H and O–H groups in total. The van der Waals surface area contributed by atoms with Crippen molar-refractivity contribution in [2.75, 3.05) is 32.7 Å². The van der Waals surface area contributed by atoms with Crippen molar-refractivity contribution in [3.8, 4) is 0 Å². The van der Waals surface area contributed by atoms with Crippen LogP contribution in [0.5, 0.6) is 0 Å². The van der Waals surface area contributed by atoms with Gasteiger partial charge in [0.1, 0.15) is 0 Å². The van der Waals surface area contributed by atoms with Crippen LogP contribution in [0.2, 0.25) is 0 Å². The molecule has 0 aromatic heterocycles. The fourth-order valence-electron chi connectivity index (χ4n) is 3.16. The molecule has 0 bridgehead atoms. The minimum atomic E-state index is 0.0662. The maximum Gasteiger partial charge on any atom is 0.253 e. The number of carbonyl (C=O) groups is 2. The van der Waals surface area contributed by atoms with Crippen LogP contribution in [0, 0.1) is 0 Å². The van der Waals surface area contributed by atoms with Crippen LogP contribution in [-0.4, -0.2) is 54.3 Å². The van der Waals surface area contributed by atoms with Gasteiger partial charge in [0.2, 0.25) is 5.91 Å². The Morgan fingerprint density at radius 2 is 1.52 bits per heavy atom. The summed E-state index contributed by atoms with van der Waals surface area (Å²) in [6.07, 6.45) is 5.71. The van der Waals surface area contributed by atoms with Gasteiger partial charge in [-0.25, -0.2) is 0 Å². The zero-order valence-electron chi connectivity index (χ0n) is 15.4. The van der Waals surface area contributed by atoms with Gasteiger partial charge in [-0.2, -0.15) is 0 Å². The van der Waals surface area contributed by atoms with Crippen LogP contribution < -0.4 is 5.73 Å². The first kappa shape index (κ1) is 19.4. The average Bonchev–Trinajstić information content (AvgIpc) is 2.67. The second-order valence-corrected chi connectivity index (χ2v) is 6.68. The third-order valence-electron chi connectivity index (χ3n) is 4.87. The molecule has 0 aliphatic carbocycles. The number of nitrogens with two attached hydrogens (primary N) is 1. The molecule has 138 valence electrons. The second kappa shape index (κ2) is 10.2. The maximum atomic E-state index is 12.6. The SMILES string of the molecule is CCc1ccc(C(=O)N2CCN(C(=O)CCCCCCN)CC2)cc1. The maximum absolute atomic E-state index is 12.6. The molecule has 1 heterocycles. The zero-order valence-corrected chi connectivity index (χ0v) is 15.4. The van der Waals surface area contributed by atoms with E-state index in [0.29, 0.717) is 32.6 Å². The molecule has 25 heavy (non-hydrogen) atoms. The van der Waals surface area contributed by atoms with E-state index >= 15 is 0 Å². The standard InChI is InChI=1S/C20H31N3O2/c1-2-17-8-10-18(11-9-17)20(25)23-15-13-22(14-16-23)19(24)7-5-3-4-6-12-21/h8-11H,2-7,12-16,21H2,1H3. The van der Waals surface area contributed by atoms with Gasteiger partial charge in [0, 0.05) is 38.2 Å². The van der Waals surface area contributed by atoms with Gasteiger partial charge < -0.3 is 15.5 Å². The second-order valence-electron chi connectivity index (χ2n) is 6.68. The Balaban J connectivity index is 1.74. The van der Waals surface area contributed by atoms with E-state index in [1.54, 1.807) is 0 Å². The molecule has 2 rings (SSSR count). The minimum absolute atomic E-state index is 0.0662. The molecule has 1 aliphatic rings. The van der Waals surface area contributed by atoms with Crippen molar-refractivity contribution in [3.63, 3.8) is 0 Å². The number of piperazine rings is 1. The summed E-state index contributed by atoms with van der Waals surface area (Å²) in [4.78, 5) is 28.6. The molecule has 1 saturated heterocycles. The van der Waals surface area contributed by atoms with Crippen molar-refractivity contribution in [2.24, 2.45) is 5.73 Å². The number of nitrogens with zero attached hydrogens (tertiary/aromatic N) is 2. The van der Waals surface area contributed by atoms with Gasteiger partial charge in [0.15, 0.2) is 0 Å². The van der Waals surface area contributed by atoms with Crippen LogP contribution in [0.25, 0.3) is 0 Å². The molecular formula is C20H31N3O2. The fraction of sp³-hybridized carbons (Fsp3) is 0.600. The van der Waals surface area contributed by atoms with E-state index in [1.807, 2.05) is 34.1 Å². The summed E-state index contributed by atoms with van der Waals surface area (Å²) in [6.45, 7) is 5.35. The van der Waals surface area contributed by atoms with Crippen molar-refractivity contribution >= 4 is 11.8 Å². The fourth-order valence-corrected chi connectivity index (χ4v) is 3.16. The Labute approximate surface area is 151 Å². The Hall–Kier alpha value is -1.88. The highest BCUT2D eigenvalue weighted by Crippen LogP contribution is 2.12. The Morgan fingerprint density at radius 3 is 2.12 bits per heavy atom. The first-order valence-corrected chi connectivity index (χ1v) is 9.51. The molecule has 1 fully saturated rings.